The van der Waals surface area contributed by atoms with Crippen molar-refractivity contribution < 1.29 is 87.9 Å². The molecule has 4 aromatic carbocycles. The van der Waals surface area contributed by atoms with Crippen LogP contribution in [0.5, 0.6) is 5.75 Å². The number of nitrogens with one attached hydrogen (secondary N) is 6. The molecular formula is C99H119F3N14O17S. The van der Waals surface area contributed by atoms with Crippen LogP contribution >= 0.6 is 0 Å². The van der Waals surface area contributed by atoms with Gasteiger partial charge in [-0.2, -0.15) is 21.6 Å². The number of imidazole rings is 1. The number of hydrogen-bond acceptors (Lipinski definition) is 21. The SMILES string of the molecule is C#CC1=CN=C([C@@H]2CCCN2C(=O)[C@@H](NC(=O)OC)C(C)C)C1.COC(=O)N[C@H](C(=O)N1CCC[C@H]1C1=Nc2ccc(-c3ccc(OS(=O)(=O)C(F)(F)F)c4c3CC3(CCCC3)C4)cc2C(=O)C1)C(C)C.COC(=O)N[C@H](C(=O)N1CCC[C@H]1c1ncc(C#Cc2ccc(-c3ccc4nc([C@@H]5CCCN5C(=O)[C@@H](NC(=O)OC)C(C)C)[nH]c(=O)c4c3)c3c2CC2(CCCC2)C3)[nH]1)C(C)C. The normalized spacial score (nSPS) is 20.5. The third-order valence-electron chi connectivity index (χ3n) is 28.1. The topological polar surface area (TPSA) is 394 Å². The van der Waals surface area contributed by atoms with Gasteiger partial charge in [-0.05, 0) is 218 Å². The second kappa shape index (κ2) is 40.8. The van der Waals surface area contributed by atoms with Crippen molar-refractivity contribution in [1.29, 1.82) is 0 Å². The summed E-state index contributed by atoms with van der Waals surface area (Å²) >= 11 is 0. The Kier molecular flexibility index (Phi) is 29.7. The Labute approximate surface area is 778 Å². The van der Waals surface area contributed by atoms with Crippen LogP contribution in [0.25, 0.3) is 33.2 Å². The standard InChI is InChI=1S/C48H58N8O7.C34H38F3N3O7S.C17H23N3O3/c1-27(2)39(52-46(60)62-5)44(58)55-21-9-11-37(55)41-49-26-31(50-41)16-13-29-14-17-32(35-25-48(24-34(29)35)19-7-8-20-48)30-15-18-36-33(23-30)43(57)54-42(51-36)38-12-10-22-56(38)45(59)40(28(3)4)53-47(61)63-6;1-19(2)30(39-32(43)46-3)31(42)40-14-6-7-27(40)26-16-28(41)22-15-20(8-10-25(22)38-26)21-9-11-29(47-48(44,45)34(35,36)37)24-18-33(17-23(21)24)12-4-5-13-33;1-5-12-9-13(18-10-12)14-7-6-8-20(14)16(21)15(11(2)3)19-17(22)23-4/h14-15,17-18,23,26-28,37-40H,7-12,19-22,24-25H2,1-6H3,(H,49,50)(H,52,60)(H,53,61)(H,51,54,57);8-11,15,19,27,30H,4-7,12-14,16-18H2,1-3H3,(H,39,43);1,10-11,14-15H,6-9H2,2-4H3,(H,19,22)/t37-,38-,39-,40-;27-,30-;14-,15-/m000/s1. The fraction of sp³-hybridized carbons (Fsp3) is 0.535. The van der Waals surface area contributed by atoms with Crippen LogP contribution in [0.15, 0.2) is 93.4 Å². The molecule has 6 fully saturated rings. The molecular weight excluding hydrogens is 1750 g/mol. The molecule has 2 spiro atoms. The molecule has 2 aromatic heterocycles. The fourth-order valence-corrected chi connectivity index (χ4v) is 21.6. The van der Waals surface area contributed by atoms with Gasteiger partial charge in [-0.3, -0.25) is 38.8 Å². The number of aromatic nitrogens is 4. The largest absolute Gasteiger partial charge is 0.534 e. The second-order valence-electron chi connectivity index (χ2n) is 38.1. The highest BCUT2D eigenvalue weighted by atomic mass is 32.2. The highest BCUT2D eigenvalue weighted by Crippen LogP contribution is 2.55. The molecule has 6 N–H and O–H groups in total. The summed E-state index contributed by atoms with van der Waals surface area (Å²) in [4.78, 5) is 161. The lowest BCUT2D eigenvalue weighted by atomic mass is 9.83. The van der Waals surface area contributed by atoms with Crippen molar-refractivity contribution in [3.63, 3.8) is 0 Å². The first-order chi connectivity index (χ1) is 63.9. The predicted octanol–water partition coefficient (Wildman–Crippen LogP) is 14.5. The van der Waals surface area contributed by atoms with Crippen LogP contribution in [0.4, 0.5) is 38.0 Å². The van der Waals surface area contributed by atoms with E-state index in [-0.39, 0.29) is 93.7 Å². The van der Waals surface area contributed by atoms with E-state index < -0.39 is 76.3 Å². The maximum absolute atomic E-state index is 13.9. The molecule has 8 amide bonds. The van der Waals surface area contributed by atoms with Gasteiger partial charge in [-0.1, -0.05) is 117 Å². The summed E-state index contributed by atoms with van der Waals surface area (Å²) in [5.41, 5.74) is 6.71. The summed E-state index contributed by atoms with van der Waals surface area (Å²) < 4.78 is 87.1. The zero-order valence-electron chi connectivity index (χ0n) is 77.9. The van der Waals surface area contributed by atoms with E-state index in [1.54, 1.807) is 51.4 Å². The van der Waals surface area contributed by atoms with E-state index in [0.29, 0.717) is 120 Å². The third-order valence-corrected chi connectivity index (χ3v) is 29.0. The molecule has 2 saturated carbocycles. The van der Waals surface area contributed by atoms with E-state index in [1.165, 1.54) is 71.3 Å². The molecule has 0 unspecified atom stereocenters. The Morgan fingerprint density at radius 2 is 0.955 bits per heavy atom. The lowest BCUT2D eigenvalue weighted by Gasteiger charge is -2.32. The number of rotatable bonds is 20. The lowest BCUT2D eigenvalue weighted by molar-refractivity contribution is -0.136. The number of H-pyrrole nitrogens is 2. The summed E-state index contributed by atoms with van der Waals surface area (Å²) in [7, 11) is -0.776. The molecule has 4 aliphatic carbocycles. The van der Waals surface area contributed by atoms with Gasteiger partial charge in [0.05, 0.1) is 81.8 Å². The number of carbonyl (C=O) groups is 9. The molecule has 4 saturated heterocycles. The summed E-state index contributed by atoms with van der Waals surface area (Å²) in [6.07, 6.45) is 24.3. The summed E-state index contributed by atoms with van der Waals surface area (Å²) in [5, 5.41) is 11.1. The van der Waals surface area contributed by atoms with E-state index in [4.69, 9.17) is 30.6 Å². The number of amides is 8. The van der Waals surface area contributed by atoms with Crippen molar-refractivity contribution in [2.45, 2.75) is 250 Å². The van der Waals surface area contributed by atoms with Crippen molar-refractivity contribution in [3.8, 4) is 52.2 Å². The number of nitrogens with zero attached hydrogens (tertiary/aromatic N) is 8. The predicted molar refractivity (Wildman–Crippen MR) is 495 cm³/mol. The summed E-state index contributed by atoms with van der Waals surface area (Å²) in [6, 6.07) is 14.1. The van der Waals surface area contributed by atoms with Crippen LogP contribution in [0.1, 0.15) is 239 Å². The van der Waals surface area contributed by atoms with E-state index in [9.17, 15) is 69.5 Å². The Balaban J connectivity index is 0.000000178. The molecule has 8 atom stereocenters. The first kappa shape index (κ1) is 97.6. The fourth-order valence-electron chi connectivity index (χ4n) is 21.1. The highest BCUT2D eigenvalue weighted by Gasteiger charge is 2.52. The number of ketones is 1. The Morgan fingerprint density at radius 1 is 0.515 bits per heavy atom. The van der Waals surface area contributed by atoms with E-state index in [2.05, 4.69) is 80.0 Å². The van der Waals surface area contributed by atoms with Crippen molar-refractivity contribution in [2.24, 2.45) is 44.5 Å². The molecule has 0 bridgehead atoms. The smallest absolute Gasteiger partial charge is 0.453 e. The number of carbonyl (C=O) groups excluding carboxylic acids is 9. The molecule has 134 heavy (non-hydrogen) atoms. The maximum Gasteiger partial charge on any atom is 0.534 e. The van der Waals surface area contributed by atoms with Crippen LogP contribution < -0.4 is 31.0 Å². The number of aromatic amines is 2. The molecule has 31 nitrogen and oxygen atoms in total. The number of allylic oxidation sites excluding steroid dienone is 1. The van der Waals surface area contributed by atoms with Crippen molar-refractivity contribution in [1.82, 2.24) is 60.8 Å². The quantitative estimate of drug-likeness (QED) is 0.0179. The maximum atomic E-state index is 13.9. The molecule has 8 heterocycles. The first-order valence-electron chi connectivity index (χ1n) is 46.4. The lowest BCUT2D eigenvalue weighted by Crippen LogP contribution is -2.54. The Hall–Kier alpha value is -12.4. The minimum Gasteiger partial charge on any atom is -0.453 e. The van der Waals surface area contributed by atoms with Gasteiger partial charge in [0.25, 0.3) is 5.56 Å². The molecule has 35 heteroatoms. The number of ether oxygens (including phenoxy) is 4. The van der Waals surface area contributed by atoms with E-state index in [0.717, 1.165) is 111 Å². The molecule has 714 valence electrons. The number of alkyl carbamates (subject to hydrolysis) is 4. The van der Waals surface area contributed by atoms with Gasteiger partial charge in [0.15, 0.2) is 5.78 Å². The number of methoxy groups -OCH3 is 4. The molecule has 10 aliphatic rings. The average molecular weight is 1870 g/mol. The van der Waals surface area contributed by atoms with Crippen LogP contribution in [0, 0.1) is 58.7 Å². The minimum absolute atomic E-state index is 0.00493. The Bertz CT molecular complexity index is 5970. The molecule has 0 radical (unpaired) electrons. The Morgan fingerprint density at radius 3 is 1.43 bits per heavy atom. The van der Waals surface area contributed by atoms with Gasteiger partial charge in [-0.15, -0.1) is 6.42 Å². The van der Waals surface area contributed by atoms with Crippen molar-refractivity contribution in [2.75, 3.05) is 54.6 Å². The monoisotopic (exact) mass is 1860 g/mol. The van der Waals surface area contributed by atoms with Crippen LogP contribution in [0.3, 0.4) is 0 Å². The van der Waals surface area contributed by atoms with Crippen molar-refractivity contribution in [3.05, 3.63) is 140 Å². The summed E-state index contributed by atoms with van der Waals surface area (Å²) in [6.45, 7) is 17.2. The number of likely N-dealkylation sites (tertiary alicyclic amines) is 4. The van der Waals surface area contributed by atoms with Gasteiger partial charge in [0, 0.05) is 72.5 Å². The van der Waals surface area contributed by atoms with E-state index in [1.807, 2.05) is 78.5 Å². The highest BCUT2D eigenvalue weighted by molar-refractivity contribution is 7.88. The van der Waals surface area contributed by atoms with Gasteiger partial charge in [0.1, 0.15) is 47.3 Å². The zero-order valence-corrected chi connectivity index (χ0v) is 78.7. The third kappa shape index (κ3) is 20.8. The number of benzene rings is 4. The number of terminal acetylenes is 1. The van der Waals surface area contributed by atoms with E-state index >= 15 is 0 Å². The number of aliphatic imine (C=N–C) groups is 2. The number of halogens is 3. The minimum atomic E-state index is -5.85. The number of alkyl halides is 3. The second-order valence-corrected chi connectivity index (χ2v) is 39.7. The first-order valence-corrected chi connectivity index (χ1v) is 47.8. The summed E-state index contributed by atoms with van der Waals surface area (Å²) in [5.74, 6) is 8.75. The molecule has 16 rings (SSSR count). The van der Waals surface area contributed by atoms with Crippen molar-refractivity contribution >= 4 is 91.9 Å². The zero-order chi connectivity index (χ0) is 96.2. The van der Waals surface area contributed by atoms with Crippen LogP contribution in [0.2, 0.25) is 0 Å². The van der Waals surface area contributed by atoms with Gasteiger partial charge >= 0.3 is 40.0 Å². The van der Waals surface area contributed by atoms with Crippen LogP contribution in [-0.2, 0) is 73.9 Å². The number of fused-ring (bicyclic) bond motifs is 4. The molecule has 6 aromatic rings. The van der Waals surface area contributed by atoms with Crippen LogP contribution in [-0.4, -0.2) is 210 Å². The number of hydrogen-bond donors (Lipinski definition) is 6. The average Bonchev–Trinajstić information content (AvgIpc) is 1.58. The van der Waals surface area contributed by atoms with Gasteiger partial charge < -0.3 is 74.0 Å². The number of Topliss-reactive ketones (excluding diaryl/α,β-unsaturated/α-hetero) is 1. The molecule has 6 aliphatic heterocycles. The van der Waals surface area contributed by atoms with Gasteiger partial charge in [0.2, 0.25) is 23.6 Å². The van der Waals surface area contributed by atoms with Gasteiger partial charge in [-0.25, -0.2) is 29.1 Å².